The minimum atomic E-state index is -0.351. The number of aromatic nitrogens is 3. The molecule has 1 fully saturated rings. The first-order chi connectivity index (χ1) is 8.61. The van der Waals surface area contributed by atoms with Gasteiger partial charge in [0.1, 0.15) is 6.33 Å². The van der Waals surface area contributed by atoms with E-state index in [-0.39, 0.29) is 11.3 Å². The molecule has 0 unspecified atom stereocenters. The highest BCUT2D eigenvalue weighted by molar-refractivity contribution is 5.83. The standard InChI is InChI=1S/C12H21N5O/c1-3-17-8-15-16-10(17)6-14-11(18)12(7-13)4-9(2)5-12/h8-9H,3-7,13H2,1-2H3,(H,14,18). The molecule has 0 aliphatic heterocycles. The summed E-state index contributed by atoms with van der Waals surface area (Å²) >= 11 is 0. The van der Waals surface area contributed by atoms with Crippen molar-refractivity contribution in [2.24, 2.45) is 17.1 Å². The van der Waals surface area contributed by atoms with Crippen LogP contribution in [0.15, 0.2) is 6.33 Å². The second-order valence-corrected chi connectivity index (χ2v) is 5.21. The van der Waals surface area contributed by atoms with Crippen molar-refractivity contribution in [3.8, 4) is 0 Å². The van der Waals surface area contributed by atoms with Crippen LogP contribution in [0.5, 0.6) is 0 Å². The van der Waals surface area contributed by atoms with Crippen molar-refractivity contribution < 1.29 is 4.79 Å². The van der Waals surface area contributed by atoms with Crippen LogP contribution in [-0.4, -0.2) is 27.2 Å². The van der Waals surface area contributed by atoms with Crippen LogP contribution in [0.25, 0.3) is 0 Å². The Hall–Kier alpha value is -1.43. The Balaban J connectivity index is 1.92. The Morgan fingerprint density at radius 2 is 2.39 bits per heavy atom. The molecule has 0 spiro atoms. The van der Waals surface area contributed by atoms with Crippen molar-refractivity contribution >= 4 is 5.91 Å². The van der Waals surface area contributed by atoms with Gasteiger partial charge >= 0.3 is 0 Å². The third kappa shape index (κ3) is 2.25. The Morgan fingerprint density at radius 3 is 2.94 bits per heavy atom. The van der Waals surface area contributed by atoms with Crippen LogP contribution in [0.4, 0.5) is 0 Å². The van der Waals surface area contributed by atoms with Crippen molar-refractivity contribution in [1.82, 2.24) is 20.1 Å². The second kappa shape index (κ2) is 5.06. The molecule has 2 rings (SSSR count). The first-order valence-electron chi connectivity index (χ1n) is 6.46. The normalized spacial score (nSPS) is 26.7. The molecule has 1 amide bonds. The lowest BCUT2D eigenvalue weighted by Crippen LogP contribution is -2.53. The first-order valence-corrected chi connectivity index (χ1v) is 6.46. The van der Waals surface area contributed by atoms with Crippen LogP contribution in [0.3, 0.4) is 0 Å². The summed E-state index contributed by atoms with van der Waals surface area (Å²) in [6, 6.07) is 0. The van der Waals surface area contributed by atoms with Gasteiger partial charge in [-0.3, -0.25) is 4.79 Å². The Kier molecular flexibility index (Phi) is 3.65. The van der Waals surface area contributed by atoms with E-state index in [1.165, 1.54) is 0 Å². The molecule has 1 aliphatic rings. The molecule has 1 aromatic rings. The van der Waals surface area contributed by atoms with E-state index < -0.39 is 0 Å². The van der Waals surface area contributed by atoms with Gasteiger partial charge in [-0.05, 0) is 25.7 Å². The van der Waals surface area contributed by atoms with E-state index in [9.17, 15) is 4.79 Å². The van der Waals surface area contributed by atoms with E-state index in [4.69, 9.17) is 5.73 Å². The van der Waals surface area contributed by atoms with E-state index in [1.807, 2.05) is 11.5 Å². The summed E-state index contributed by atoms with van der Waals surface area (Å²) in [6.45, 7) is 5.81. The molecule has 1 heterocycles. The van der Waals surface area contributed by atoms with E-state index in [0.29, 0.717) is 19.0 Å². The monoisotopic (exact) mass is 251 g/mol. The Morgan fingerprint density at radius 1 is 1.67 bits per heavy atom. The molecule has 1 saturated carbocycles. The highest BCUT2D eigenvalue weighted by Crippen LogP contribution is 2.44. The Labute approximate surface area is 107 Å². The summed E-state index contributed by atoms with van der Waals surface area (Å²) in [4.78, 5) is 12.2. The minimum Gasteiger partial charge on any atom is -0.348 e. The molecule has 0 saturated heterocycles. The lowest BCUT2D eigenvalue weighted by atomic mass is 9.62. The van der Waals surface area contributed by atoms with E-state index in [0.717, 1.165) is 25.2 Å². The number of nitrogens with zero attached hydrogens (tertiary/aromatic N) is 3. The third-order valence-electron chi connectivity index (χ3n) is 3.79. The fourth-order valence-corrected chi connectivity index (χ4v) is 2.75. The Bertz CT molecular complexity index is 422. The van der Waals surface area contributed by atoms with Gasteiger partial charge in [0.2, 0.25) is 5.91 Å². The van der Waals surface area contributed by atoms with E-state index >= 15 is 0 Å². The molecule has 0 atom stereocenters. The minimum absolute atomic E-state index is 0.0498. The van der Waals surface area contributed by atoms with Gasteiger partial charge in [-0.15, -0.1) is 10.2 Å². The number of hydrogen-bond donors (Lipinski definition) is 2. The van der Waals surface area contributed by atoms with E-state index in [1.54, 1.807) is 6.33 Å². The van der Waals surface area contributed by atoms with Gasteiger partial charge in [0.05, 0.1) is 12.0 Å². The molecule has 3 N–H and O–H groups in total. The summed E-state index contributed by atoms with van der Waals surface area (Å²) < 4.78 is 1.92. The predicted molar refractivity (Wildman–Crippen MR) is 67.4 cm³/mol. The summed E-state index contributed by atoms with van der Waals surface area (Å²) in [6.07, 6.45) is 3.44. The molecule has 0 bridgehead atoms. The molecule has 18 heavy (non-hydrogen) atoms. The maximum Gasteiger partial charge on any atom is 0.227 e. The van der Waals surface area contributed by atoms with Crippen LogP contribution in [0.2, 0.25) is 0 Å². The van der Waals surface area contributed by atoms with Gasteiger partial charge in [-0.1, -0.05) is 6.92 Å². The number of amides is 1. The summed E-state index contributed by atoms with van der Waals surface area (Å²) in [7, 11) is 0. The summed E-state index contributed by atoms with van der Waals surface area (Å²) in [5.74, 6) is 1.43. The summed E-state index contributed by atoms with van der Waals surface area (Å²) in [5.41, 5.74) is 5.39. The van der Waals surface area contributed by atoms with Crippen molar-refractivity contribution in [1.29, 1.82) is 0 Å². The lowest BCUT2D eigenvalue weighted by Gasteiger charge is -2.44. The molecular weight excluding hydrogens is 230 g/mol. The number of hydrogen-bond acceptors (Lipinski definition) is 4. The van der Waals surface area contributed by atoms with Gasteiger partial charge in [0, 0.05) is 13.1 Å². The van der Waals surface area contributed by atoms with Gasteiger partial charge in [-0.25, -0.2) is 0 Å². The second-order valence-electron chi connectivity index (χ2n) is 5.21. The molecule has 6 nitrogen and oxygen atoms in total. The predicted octanol–water partition coefficient (Wildman–Crippen LogP) is 0.289. The quantitative estimate of drug-likeness (QED) is 0.787. The van der Waals surface area contributed by atoms with Crippen molar-refractivity contribution in [2.45, 2.75) is 39.8 Å². The zero-order valence-electron chi connectivity index (χ0n) is 11.0. The van der Waals surface area contributed by atoms with Crippen molar-refractivity contribution in [3.63, 3.8) is 0 Å². The number of nitrogens with one attached hydrogen (secondary N) is 1. The highest BCUT2D eigenvalue weighted by Gasteiger charge is 2.46. The van der Waals surface area contributed by atoms with Crippen LogP contribution in [0.1, 0.15) is 32.5 Å². The number of nitrogens with two attached hydrogens (primary N) is 1. The van der Waals surface area contributed by atoms with Crippen molar-refractivity contribution in [2.75, 3.05) is 6.54 Å². The first kappa shape index (κ1) is 13.0. The number of aryl methyl sites for hydroxylation is 1. The smallest absolute Gasteiger partial charge is 0.227 e. The van der Waals surface area contributed by atoms with Gasteiger partial charge in [0.25, 0.3) is 0 Å². The fourth-order valence-electron chi connectivity index (χ4n) is 2.75. The third-order valence-corrected chi connectivity index (χ3v) is 3.79. The van der Waals surface area contributed by atoms with Crippen LogP contribution in [0, 0.1) is 11.3 Å². The zero-order chi connectivity index (χ0) is 13.2. The molecule has 6 heteroatoms. The van der Waals surface area contributed by atoms with Crippen LogP contribution < -0.4 is 11.1 Å². The number of carbonyl (C=O) groups excluding carboxylic acids is 1. The molecule has 0 radical (unpaired) electrons. The zero-order valence-corrected chi connectivity index (χ0v) is 11.0. The van der Waals surface area contributed by atoms with Crippen LogP contribution in [-0.2, 0) is 17.9 Å². The topological polar surface area (TPSA) is 85.8 Å². The molecule has 100 valence electrons. The molecular formula is C12H21N5O. The number of rotatable bonds is 5. The maximum absolute atomic E-state index is 12.2. The number of carbonyl (C=O) groups is 1. The average Bonchev–Trinajstić information content (AvgIpc) is 2.79. The maximum atomic E-state index is 12.2. The largest absolute Gasteiger partial charge is 0.348 e. The van der Waals surface area contributed by atoms with Gasteiger partial charge in [0.15, 0.2) is 5.82 Å². The highest BCUT2D eigenvalue weighted by atomic mass is 16.2. The average molecular weight is 251 g/mol. The van der Waals surface area contributed by atoms with Crippen molar-refractivity contribution in [3.05, 3.63) is 12.2 Å². The fraction of sp³-hybridized carbons (Fsp3) is 0.750. The van der Waals surface area contributed by atoms with Crippen LogP contribution >= 0.6 is 0 Å². The van der Waals surface area contributed by atoms with Gasteiger partial charge < -0.3 is 15.6 Å². The molecule has 0 aromatic carbocycles. The lowest BCUT2D eigenvalue weighted by molar-refractivity contribution is -0.138. The van der Waals surface area contributed by atoms with Gasteiger partial charge in [-0.2, -0.15) is 0 Å². The molecule has 1 aliphatic carbocycles. The SMILES string of the molecule is CCn1cnnc1CNC(=O)C1(CN)CC(C)C1. The van der Waals surface area contributed by atoms with E-state index in [2.05, 4.69) is 22.4 Å². The summed E-state index contributed by atoms with van der Waals surface area (Å²) in [5, 5.41) is 10.8. The molecule has 1 aromatic heterocycles.